The van der Waals surface area contributed by atoms with E-state index in [4.69, 9.17) is 10.5 Å². The third kappa shape index (κ3) is 4.51. The van der Waals surface area contributed by atoms with E-state index >= 15 is 0 Å². The van der Waals surface area contributed by atoms with Crippen LogP contribution in [0.1, 0.15) is 44.2 Å². The van der Waals surface area contributed by atoms with Crippen LogP contribution in [0, 0.1) is 12.8 Å². The van der Waals surface area contributed by atoms with Crippen molar-refractivity contribution >= 4 is 11.4 Å². The summed E-state index contributed by atoms with van der Waals surface area (Å²) in [7, 11) is 0. The summed E-state index contributed by atoms with van der Waals surface area (Å²) in [6.07, 6.45) is 5.74. The van der Waals surface area contributed by atoms with E-state index in [9.17, 15) is 5.11 Å². The van der Waals surface area contributed by atoms with Crippen LogP contribution in [0.5, 0.6) is 0 Å². The Bertz CT molecular complexity index is 639. The number of ether oxygens (including phenoxy) is 1. The fraction of sp³-hybridized carbons (Fsp3) is 0.619. The molecule has 2 heterocycles. The van der Waals surface area contributed by atoms with Crippen molar-refractivity contribution in [1.82, 2.24) is 5.32 Å². The van der Waals surface area contributed by atoms with Crippen molar-refractivity contribution in [3.63, 3.8) is 0 Å². The van der Waals surface area contributed by atoms with Crippen LogP contribution in [-0.4, -0.2) is 43.1 Å². The molecule has 2 fully saturated rings. The monoisotopic (exact) mass is 359 g/mol. The Hall–Kier alpha value is -1.72. The number of nitrogens with one attached hydrogen (secondary N) is 1. The molecule has 0 radical (unpaired) electrons. The van der Waals surface area contributed by atoms with Crippen molar-refractivity contribution in [3.05, 3.63) is 35.5 Å². The van der Waals surface area contributed by atoms with Crippen molar-refractivity contribution in [3.8, 4) is 0 Å². The first-order valence-electron chi connectivity index (χ1n) is 9.73. The van der Waals surface area contributed by atoms with E-state index < -0.39 is 5.60 Å². The second-order valence-electron chi connectivity index (χ2n) is 8.25. The summed E-state index contributed by atoms with van der Waals surface area (Å²) in [6.45, 7) is 9.35. The predicted molar refractivity (Wildman–Crippen MR) is 107 cm³/mol. The summed E-state index contributed by atoms with van der Waals surface area (Å²) in [4.78, 5) is 2.30. The van der Waals surface area contributed by atoms with E-state index in [2.05, 4.69) is 35.3 Å². The highest BCUT2D eigenvalue weighted by Gasteiger charge is 2.37. The number of nitrogens with two attached hydrogens (primary N) is 1. The third-order valence-corrected chi connectivity index (χ3v) is 5.64. The van der Waals surface area contributed by atoms with E-state index in [1.165, 1.54) is 24.1 Å². The number of benzene rings is 1. The number of anilines is 1. The van der Waals surface area contributed by atoms with Gasteiger partial charge in [0.1, 0.15) is 0 Å². The van der Waals surface area contributed by atoms with Gasteiger partial charge in [-0.1, -0.05) is 6.07 Å². The Kier molecular flexibility index (Phi) is 5.78. The average molecular weight is 360 g/mol. The van der Waals surface area contributed by atoms with Crippen molar-refractivity contribution < 1.29 is 9.84 Å². The van der Waals surface area contributed by atoms with Crippen LogP contribution in [0.3, 0.4) is 0 Å². The van der Waals surface area contributed by atoms with Crippen molar-refractivity contribution in [2.24, 2.45) is 11.7 Å². The molecule has 2 aliphatic rings. The molecule has 0 aliphatic carbocycles. The molecule has 144 valence electrons. The van der Waals surface area contributed by atoms with Gasteiger partial charge in [0, 0.05) is 49.6 Å². The van der Waals surface area contributed by atoms with Crippen LogP contribution >= 0.6 is 0 Å². The average Bonchev–Trinajstić information content (AvgIpc) is 2.53. The standard InChI is InChI=1S/C21H33N3O2/c1-15-10-17(24-13-16(14-24)21(2,3)25)7-8-19(15)20(22)12-23-11-18-6-4-5-9-26-18/h7-8,10,12,16,18,23,25H,4-6,9,11,13-14,22H2,1-3H3/b20-12-. The van der Waals surface area contributed by atoms with E-state index in [0.717, 1.165) is 43.9 Å². The van der Waals surface area contributed by atoms with E-state index in [1.807, 2.05) is 20.0 Å². The quantitative estimate of drug-likeness (QED) is 0.728. The normalized spacial score (nSPS) is 22.2. The Morgan fingerprint density at radius 2 is 2.15 bits per heavy atom. The maximum absolute atomic E-state index is 10.1. The topological polar surface area (TPSA) is 70.8 Å². The summed E-state index contributed by atoms with van der Waals surface area (Å²) in [5.41, 5.74) is 9.85. The Morgan fingerprint density at radius 1 is 1.38 bits per heavy atom. The summed E-state index contributed by atoms with van der Waals surface area (Å²) in [5, 5.41) is 13.4. The molecular weight excluding hydrogens is 326 g/mol. The van der Waals surface area contributed by atoms with E-state index in [0.29, 0.717) is 12.0 Å². The fourth-order valence-electron chi connectivity index (χ4n) is 3.65. The number of nitrogens with zero attached hydrogens (tertiary/aromatic N) is 1. The minimum Gasteiger partial charge on any atom is -0.397 e. The molecule has 0 amide bonds. The summed E-state index contributed by atoms with van der Waals surface area (Å²) >= 11 is 0. The summed E-state index contributed by atoms with van der Waals surface area (Å²) in [5.74, 6) is 0.332. The third-order valence-electron chi connectivity index (χ3n) is 5.64. The van der Waals surface area contributed by atoms with E-state index in [1.54, 1.807) is 0 Å². The van der Waals surface area contributed by atoms with Crippen LogP contribution in [0.25, 0.3) is 5.70 Å². The van der Waals surface area contributed by atoms with Crippen LogP contribution in [0.4, 0.5) is 5.69 Å². The van der Waals surface area contributed by atoms with Gasteiger partial charge in [0.2, 0.25) is 0 Å². The maximum atomic E-state index is 10.1. The minimum atomic E-state index is -0.605. The lowest BCUT2D eigenvalue weighted by atomic mass is 9.84. The zero-order valence-electron chi connectivity index (χ0n) is 16.3. The number of aryl methyl sites for hydroxylation is 1. The number of aliphatic hydroxyl groups is 1. The largest absolute Gasteiger partial charge is 0.397 e. The molecule has 1 aromatic carbocycles. The molecule has 0 spiro atoms. The van der Waals surface area contributed by atoms with Crippen LogP contribution < -0.4 is 16.0 Å². The first kappa shape index (κ1) is 19.1. The van der Waals surface area contributed by atoms with Crippen molar-refractivity contribution in [2.45, 2.75) is 51.7 Å². The SMILES string of the molecule is Cc1cc(N2CC(C(C)(C)O)C2)ccc1/C(N)=C/NCC1CCCCO1. The number of hydrogen-bond acceptors (Lipinski definition) is 5. The molecule has 1 unspecified atom stereocenters. The maximum Gasteiger partial charge on any atom is 0.0747 e. The highest BCUT2D eigenvalue weighted by Crippen LogP contribution is 2.32. The first-order valence-corrected chi connectivity index (χ1v) is 9.73. The molecule has 2 aliphatic heterocycles. The minimum absolute atomic E-state index is 0.298. The van der Waals surface area contributed by atoms with Gasteiger partial charge in [-0.15, -0.1) is 0 Å². The molecule has 0 bridgehead atoms. The van der Waals surface area contributed by atoms with Gasteiger partial charge in [-0.05, 0) is 57.7 Å². The molecule has 1 atom stereocenters. The van der Waals surface area contributed by atoms with Gasteiger partial charge in [-0.25, -0.2) is 0 Å². The lowest BCUT2D eigenvalue weighted by Gasteiger charge is -2.46. The smallest absolute Gasteiger partial charge is 0.0747 e. The molecule has 0 saturated carbocycles. The first-order chi connectivity index (χ1) is 12.3. The van der Waals surface area contributed by atoms with Gasteiger partial charge in [0.15, 0.2) is 0 Å². The van der Waals surface area contributed by atoms with Crippen LogP contribution in [0.15, 0.2) is 24.4 Å². The molecule has 5 heteroatoms. The molecule has 0 aromatic heterocycles. The highest BCUT2D eigenvalue weighted by atomic mass is 16.5. The fourth-order valence-corrected chi connectivity index (χ4v) is 3.65. The van der Waals surface area contributed by atoms with Gasteiger partial charge in [0.25, 0.3) is 0 Å². The second-order valence-corrected chi connectivity index (χ2v) is 8.25. The van der Waals surface area contributed by atoms with Gasteiger partial charge < -0.3 is 25.8 Å². The Balaban J connectivity index is 1.56. The van der Waals surface area contributed by atoms with Crippen LogP contribution in [-0.2, 0) is 4.74 Å². The Labute approximate surface area is 157 Å². The summed E-state index contributed by atoms with van der Waals surface area (Å²) < 4.78 is 5.73. The second kappa shape index (κ2) is 7.89. The lowest BCUT2D eigenvalue weighted by molar-refractivity contribution is 0.00459. The summed E-state index contributed by atoms with van der Waals surface area (Å²) in [6, 6.07) is 6.39. The zero-order chi connectivity index (χ0) is 18.7. The van der Waals surface area contributed by atoms with Crippen molar-refractivity contribution in [1.29, 1.82) is 0 Å². The molecule has 5 nitrogen and oxygen atoms in total. The zero-order valence-corrected chi connectivity index (χ0v) is 16.3. The van der Waals surface area contributed by atoms with Gasteiger partial charge in [0.05, 0.1) is 17.4 Å². The molecule has 1 aromatic rings. The van der Waals surface area contributed by atoms with Gasteiger partial charge >= 0.3 is 0 Å². The predicted octanol–water partition coefficient (Wildman–Crippen LogP) is 2.62. The van der Waals surface area contributed by atoms with Gasteiger partial charge in [-0.2, -0.15) is 0 Å². The lowest BCUT2D eigenvalue weighted by Crippen LogP contribution is -2.55. The molecule has 3 rings (SSSR count). The molecular formula is C21H33N3O2. The molecule has 4 N–H and O–H groups in total. The molecule has 26 heavy (non-hydrogen) atoms. The van der Waals surface area contributed by atoms with Crippen molar-refractivity contribution in [2.75, 3.05) is 31.1 Å². The number of rotatable bonds is 6. The Morgan fingerprint density at radius 3 is 2.77 bits per heavy atom. The highest BCUT2D eigenvalue weighted by molar-refractivity contribution is 5.68. The molecule has 2 saturated heterocycles. The number of hydrogen-bond donors (Lipinski definition) is 3. The van der Waals surface area contributed by atoms with Gasteiger partial charge in [-0.3, -0.25) is 0 Å². The van der Waals surface area contributed by atoms with Crippen LogP contribution in [0.2, 0.25) is 0 Å². The van der Waals surface area contributed by atoms with E-state index in [-0.39, 0.29) is 0 Å².